The molecule has 1 aromatic rings. The van der Waals surface area contributed by atoms with E-state index in [2.05, 4.69) is 25.1 Å². The Kier molecular flexibility index (Phi) is 3.96. The van der Waals surface area contributed by atoms with Crippen molar-refractivity contribution in [1.82, 2.24) is 9.78 Å². The van der Waals surface area contributed by atoms with Crippen LogP contribution in [0.5, 0.6) is 0 Å². The van der Waals surface area contributed by atoms with E-state index in [1.54, 1.807) is 0 Å². The lowest BCUT2D eigenvalue weighted by Gasteiger charge is -2.07. The fourth-order valence-corrected chi connectivity index (χ4v) is 1.25. The summed E-state index contributed by atoms with van der Waals surface area (Å²) in [6.07, 6.45) is 6.14. The van der Waals surface area contributed by atoms with Gasteiger partial charge in [-0.05, 0) is 24.4 Å². The van der Waals surface area contributed by atoms with Crippen molar-refractivity contribution in [3.8, 4) is 0 Å². The molecule has 0 bridgehead atoms. The van der Waals surface area contributed by atoms with E-state index in [0.717, 1.165) is 13.0 Å². The van der Waals surface area contributed by atoms with Crippen LogP contribution in [-0.2, 0) is 13.0 Å². The Hall–Kier alpha value is -0.830. The summed E-state index contributed by atoms with van der Waals surface area (Å²) in [6.45, 7) is 6.16. The van der Waals surface area contributed by atoms with Crippen LogP contribution in [0.3, 0.4) is 0 Å². The minimum atomic E-state index is 0.700. The van der Waals surface area contributed by atoms with Gasteiger partial charge in [-0.3, -0.25) is 4.68 Å². The zero-order valence-electron chi connectivity index (χ0n) is 8.53. The molecule has 3 heteroatoms. The molecule has 0 aromatic carbocycles. The van der Waals surface area contributed by atoms with E-state index in [9.17, 15) is 0 Å². The second-order valence-electron chi connectivity index (χ2n) is 3.62. The summed E-state index contributed by atoms with van der Waals surface area (Å²) in [5.41, 5.74) is 6.70. The van der Waals surface area contributed by atoms with E-state index >= 15 is 0 Å². The molecule has 74 valence electrons. The molecule has 2 N–H and O–H groups in total. The molecule has 0 aliphatic carbocycles. The summed E-state index contributed by atoms with van der Waals surface area (Å²) < 4.78 is 2.01. The number of nitrogens with zero attached hydrogens (tertiary/aromatic N) is 2. The van der Waals surface area contributed by atoms with Gasteiger partial charge >= 0.3 is 0 Å². The molecule has 0 aliphatic rings. The average Bonchev–Trinajstić information content (AvgIpc) is 2.53. The van der Waals surface area contributed by atoms with Crippen LogP contribution in [0.15, 0.2) is 12.4 Å². The summed E-state index contributed by atoms with van der Waals surface area (Å²) in [5.74, 6) is 0.700. The third-order valence-corrected chi connectivity index (χ3v) is 2.32. The fraction of sp³-hybridized carbons (Fsp3) is 0.700. The molecule has 13 heavy (non-hydrogen) atoms. The molecule has 0 fully saturated rings. The number of aromatic nitrogens is 2. The molecular weight excluding hydrogens is 162 g/mol. The summed E-state index contributed by atoms with van der Waals surface area (Å²) in [4.78, 5) is 0. The van der Waals surface area contributed by atoms with Crippen molar-refractivity contribution in [3.05, 3.63) is 18.0 Å². The van der Waals surface area contributed by atoms with Gasteiger partial charge in [0, 0.05) is 12.7 Å². The zero-order chi connectivity index (χ0) is 9.68. The van der Waals surface area contributed by atoms with Gasteiger partial charge < -0.3 is 5.73 Å². The third kappa shape index (κ3) is 3.19. The third-order valence-electron chi connectivity index (χ3n) is 2.32. The molecule has 1 aromatic heterocycles. The summed E-state index contributed by atoms with van der Waals surface area (Å²) >= 11 is 0. The Morgan fingerprint density at radius 1 is 1.62 bits per heavy atom. The number of nitrogens with two attached hydrogens (primary N) is 1. The normalized spacial score (nSPS) is 13.2. The van der Waals surface area contributed by atoms with Crippen molar-refractivity contribution in [3.63, 3.8) is 0 Å². The number of hydrogen-bond donors (Lipinski definition) is 1. The van der Waals surface area contributed by atoms with Crippen LogP contribution < -0.4 is 5.73 Å². The van der Waals surface area contributed by atoms with Gasteiger partial charge in [-0.1, -0.05) is 20.3 Å². The highest BCUT2D eigenvalue weighted by Gasteiger charge is 2.01. The van der Waals surface area contributed by atoms with Crippen molar-refractivity contribution in [1.29, 1.82) is 0 Å². The lowest BCUT2D eigenvalue weighted by molar-refractivity contribution is 0.439. The van der Waals surface area contributed by atoms with Crippen LogP contribution in [0.1, 0.15) is 25.8 Å². The molecule has 1 heterocycles. The lowest BCUT2D eigenvalue weighted by Crippen LogP contribution is -2.07. The van der Waals surface area contributed by atoms with Crippen LogP contribution in [0.2, 0.25) is 0 Å². The van der Waals surface area contributed by atoms with Gasteiger partial charge in [0.05, 0.1) is 6.20 Å². The highest BCUT2D eigenvalue weighted by Crippen LogP contribution is 2.05. The van der Waals surface area contributed by atoms with Crippen LogP contribution in [0.25, 0.3) is 0 Å². The summed E-state index contributed by atoms with van der Waals surface area (Å²) in [5, 5.41) is 4.28. The standard InChI is InChI=1S/C10H19N3/c1-3-9(2)7-13-8-10(4-5-11)6-12-13/h6,8-9H,3-5,7,11H2,1-2H3. The van der Waals surface area contributed by atoms with Crippen LogP contribution in [-0.4, -0.2) is 16.3 Å². The second kappa shape index (κ2) is 5.02. The molecule has 0 aliphatic heterocycles. The van der Waals surface area contributed by atoms with E-state index in [4.69, 9.17) is 5.73 Å². The van der Waals surface area contributed by atoms with Gasteiger partial charge in [0.15, 0.2) is 0 Å². The van der Waals surface area contributed by atoms with Gasteiger partial charge in [-0.25, -0.2) is 0 Å². The molecule has 0 saturated carbocycles. The predicted molar refractivity (Wildman–Crippen MR) is 54.4 cm³/mol. The topological polar surface area (TPSA) is 43.8 Å². The number of hydrogen-bond acceptors (Lipinski definition) is 2. The Labute approximate surface area is 79.9 Å². The van der Waals surface area contributed by atoms with Crippen molar-refractivity contribution in [2.75, 3.05) is 6.54 Å². The van der Waals surface area contributed by atoms with E-state index in [-0.39, 0.29) is 0 Å². The molecule has 0 amide bonds. The second-order valence-corrected chi connectivity index (χ2v) is 3.62. The maximum atomic E-state index is 5.46. The first kappa shape index (κ1) is 10.3. The first-order chi connectivity index (χ1) is 6.26. The highest BCUT2D eigenvalue weighted by atomic mass is 15.3. The maximum Gasteiger partial charge on any atom is 0.0522 e. The SMILES string of the molecule is CCC(C)Cn1cc(CCN)cn1. The number of rotatable bonds is 5. The van der Waals surface area contributed by atoms with Crippen LogP contribution in [0, 0.1) is 5.92 Å². The van der Waals surface area contributed by atoms with Gasteiger partial charge in [0.2, 0.25) is 0 Å². The quantitative estimate of drug-likeness (QED) is 0.746. The molecule has 1 rings (SSSR count). The Bertz CT molecular complexity index is 242. The fourth-order valence-electron chi connectivity index (χ4n) is 1.25. The van der Waals surface area contributed by atoms with E-state index in [1.165, 1.54) is 12.0 Å². The monoisotopic (exact) mass is 181 g/mol. The van der Waals surface area contributed by atoms with Crippen LogP contribution >= 0.6 is 0 Å². The molecule has 1 atom stereocenters. The van der Waals surface area contributed by atoms with Gasteiger partial charge in [0.1, 0.15) is 0 Å². The molecular formula is C10H19N3. The molecule has 0 radical (unpaired) electrons. The summed E-state index contributed by atoms with van der Waals surface area (Å²) in [7, 11) is 0. The van der Waals surface area contributed by atoms with Crippen molar-refractivity contribution in [2.24, 2.45) is 11.7 Å². The first-order valence-corrected chi connectivity index (χ1v) is 4.97. The summed E-state index contributed by atoms with van der Waals surface area (Å²) in [6, 6.07) is 0. The molecule has 0 saturated heterocycles. The average molecular weight is 181 g/mol. The predicted octanol–water partition coefficient (Wildman–Crippen LogP) is 1.43. The maximum absolute atomic E-state index is 5.46. The zero-order valence-corrected chi connectivity index (χ0v) is 8.53. The smallest absolute Gasteiger partial charge is 0.0522 e. The van der Waals surface area contributed by atoms with Crippen molar-refractivity contribution < 1.29 is 0 Å². The van der Waals surface area contributed by atoms with E-state index in [0.29, 0.717) is 12.5 Å². The lowest BCUT2D eigenvalue weighted by atomic mass is 10.1. The first-order valence-electron chi connectivity index (χ1n) is 4.97. The van der Waals surface area contributed by atoms with Gasteiger partial charge in [-0.15, -0.1) is 0 Å². The van der Waals surface area contributed by atoms with E-state index in [1.807, 2.05) is 10.9 Å². The van der Waals surface area contributed by atoms with E-state index < -0.39 is 0 Å². The minimum Gasteiger partial charge on any atom is -0.330 e. The van der Waals surface area contributed by atoms with Crippen LogP contribution in [0.4, 0.5) is 0 Å². The van der Waals surface area contributed by atoms with Gasteiger partial charge in [-0.2, -0.15) is 5.10 Å². The van der Waals surface area contributed by atoms with Gasteiger partial charge in [0.25, 0.3) is 0 Å². The highest BCUT2D eigenvalue weighted by molar-refractivity contribution is 5.04. The molecule has 0 spiro atoms. The molecule has 3 nitrogen and oxygen atoms in total. The molecule has 1 unspecified atom stereocenters. The minimum absolute atomic E-state index is 0.700. The van der Waals surface area contributed by atoms with Crippen molar-refractivity contribution in [2.45, 2.75) is 33.2 Å². The Morgan fingerprint density at radius 2 is 2.38 bits per heavy atom. The Morgan fingerprint density at radius 3 is 3.00 bits per heavy atom. The Balaban J connectivity index is 2.48. The largest absolute Gasteiger partial charge is 0.330 e. The van der Waals surface area contributed by atoms with Crippen molar-refractivity contribution >= 4 is 0 Å².